The maximum Gasteiger partial charge on any atom is 0.336 e. The van der Waals surface area contributed by atoms with Crippen LogP contribution >= 0.6 is 0 Å². The van der Waals surface area contributed by atoms with Crippen molar-refractivity contribution in [2.24, 2.45) is 5.92 Å². The molecule has 0 amide bonds. The van der Waals surface area contributed by atoms with Gasteiger partial charge in [0, 0.05) is 19.4 Å². The van der Waals surface area contributed by atoms with Crippen LogP contribution in [0.4, 0.5) is 0 Å². The summed E-state index contributed by atoms with van der Waals surface area (Å²) in [6.45, 7) is 4.73. The van der Waals surface area contributed by atoms with E-state index in [9.17, 15) is 9.90 Å². The highest BCUT2D eigenvalue weighted by atomic mass is 16.5. The third-order valence-corrected chi connectivity index (χ3v) is 3.53. The van der Waals surface area contributed by atoms with Gasteiger partial charge in [-0.2, -0.15) is 0 Å². The number of carboxylic acids is 1. The summed E-state index contributed by atoms with van der Waals surface area (Å²) in [7, 11) is 0. The van der Waals surface area contributed by atoms with Gasteiger partial charge < -0.3 is 9.84 Å². The molecule has 1 aromatic carbocycles. The predicted molar refractivity (Wildman–Crippen MR) is 69.6 cm³/mol. The van der Waals surface area contributed by atoms with Crippen LogP contribution in [0.15, 0.2) is 24.3 Å². The Bertz CT molecular complexity index is 412. The average molecular weight is 248 g/mol. The third kappa shape index (κ3) is 2.56. The van der Waals surface area contributed by atoms with Gasteiger partial charge in [0.2, 0.25) is 0 Å². The molecule has 1 N–H and O–H groups in total. The first-order chi connectivity index (χ1) is 8.53. The molecule has 0 spiro atoms. The summed E-state index contributed by atoms with van der Waals surface area (Å²) in [6.07, 6.45) is 1.86. The molecule has 0 atom stereocenters. The SMILES string of the molecule is CC(C)CCOC1(C(=O)O)Cc2ccccc2C1. The van der Waals surface area contributed by atoms with Gasteiger partial charge in [0.1, 0.15) is 0 Å². The van der Waals surface area contributed by atoms with Crippen LogP contribution in [0, 0.1) is 5.92 Å². The van der Waals surface area contributed by atoms with E-state index >= 15 is 0 Å². The number of benzene rings is 1. The Morgan fingerprint density at radius 1 is 1.33 bits per heavy atom. The van der Waals surface area contributed by atoms with E-state index in [-0.39, 0.29) is 0 Å². The standard InChI is InChI=1S/C15H20O3/c1-11(2)7-8-18-15(14(16)17)9-12-5-3-4-6-13(12)10-15/h3-6,11H,7-10H2,1-2H3,(H,16,17). The molecule has 0 fully saturated rings. The van der Waals surface area contributed by atoms with Crippen LogP contribution in [0.1, 0.15) is 31.4 Å². The quantitative estimate of drug-likeness (QED) is 0.871. The van der Waals surface area contributed by atoms with E-state index in [0.717, 1.165) is 17.5 Å². The molecule has 0 radical (unpaired) electrons. The first-order valence-corrected chi connectivity index (χ1v) is 6.48. The minimum absolute atomic E-state index is 0.483. The second kappa shape index (κ2) is 5.11. The number of ether oxygens (including phenoxy) is 1. The van der Waals surface area contributed by atoms with Gasteiger partial charge in [0.05, 0.1) is 0 Å². The monoisotopic (exact) mass is 248 g/mol. The highest BCUT2D eigenvalue weighted by molar-refractivity contribution is 5.80. The molecule has 0 aromatic heterocycles. The molecule has 0 heterocycles. The molecule has 3 nitrogen and oxygen atoms in total. The van der Waals surface area contributed by atoms with Crippen molar-refractivity contribution in [3.8, 4) is 0 Å². The van der Waals surface area contributed by atoms with Gasteiger partial charge >= 0.3 is 5.97 Å². The summed E-state index contributed by atoms with van der Waals surface area (Å²) in [5.74, 6) is -0.318. The fourth-order valence-electron chi connectivity index (χ4n) is 2.39. The number of hydrogen-bond donors (Lipinski definition) is 1. The summed E-state index contributed by atoms with van der Waals surface area (Å²) >= 11 is 0. The summed E-state index contributed by atoms with van der Waals surface area (Å²) in [6, 6.07) is 7.88. The van der Waals surface area contributed by atoms with E-state index < -0.39 is 11.6 Å². The highest BCUT2D eigenvalue weighted by Crippen LogP contribution is 2.33. The van der Waals surface area contributed by atoms with Crippen LogP contribution in [-0.2, 0) is 22.4 Å². The van der Waals surface area contributed by atoms with Crippen LogP contribution in [0.3, 0.4) is 0 Å². The number of carboxylic acid groups (broad SMARTS) is 1. The van der Waals surface area contributed by atoms with Gasteiger partial charge in [0.15, 0.2) is 5.60 Å². The zero-order chi connectivity index (χ0) is 13.2. The summed E-state index contributed by atoms with van der Waals surface area (Å²) < 4.78 is 5.75. The van der Waals surface area contributed by atoms with Crippen molar-refractivity contribution in [2.45, 2.75) is 38.7 Å². The Balaban J connectivity index is 2.10. The first-order valence-electron chi connectivity index (χ1n) is 6.48. The molecule has 18 heavy (non-hydrogen) atoms. The van der Waals surface area contributed by atoms with Crippen LogP contribution in [0.5, 0.6) is 0 Å². The Morgan fingerprint density at radius 2 is 1.89 bits per heavy atom. The molecule has 0 bridgehead atoms. The number of hydrogen-bond acceptors (Lipinski definition) is 2. The largest absolute Gasteiger partial charge is 0.479 e. The zero-order valence-electron chi connectivity index (χ0n) is 11.0. The molecule has 1 aliphatic rings. The molecule has 0 unspecified atom stereocenters. The minimum Gasteiger partial charge on any atom is -0.479 e. The van der Waals surface area contributed by atoms with E-state index in [1.165, 1.54) is 0 Å². The average Bonchev–Trinajstić information content (AvgIpc) is 2.68. The molecule has 98 valence electrons. The van der Waals surface area contributed by atoms with Crippen molar-refractivity contribution in [3.63, 3.8) is 0 Å². The summed E-state index contributed by atoms with van der Waals surface area (Å²) in [5.41, 5.74) is 1.16. The lowest BCUT2D eigenvalue weighted by Crippen LogP contribution is -2.43. The Morgan fingerprint density at radius 3 is 2.33 bits per heavy atom. The van der Waals surface area contributed by atoms with Gasteiger partial charge in [0.25, 0.3) is 0 Å². The summed E-state index contributed by atoms with van der Waals surface area (Å²) in [5, 5.41) is 9.48. The van der Waals surface area contributed by atoms with Crippen molar-refractivity contribution in [1.29, 1.82) is 0 Å². The minimum atomic E-state index is -1.04. The number of fused-ring (bicyclic) bond motifs is 1. The van der Waals surface area contributed by atoms with Gasteiger partial charge in [-0.25, -0.2) is 4.79 Å². The maximum atomic E-state index is 11.5. The topological polar surface area (TPSA) is 46.5 Å². The molecule has 2 rings (SSSR count). The van der Waals surface area contributed by atoms with E-state index in [2.05, 4.69) is 13.8 Å². The molecule has 0 saturated heterocycles. The number of rotatable bonds is 5. The molecular formula is C15H20O3. The van der Waals surface area contributed by atoms with Crippen LogP contribution < -0.4 is 0 Å². The molecule has 1 aromatic rings. The van der Waals surface area contributed by atoms with Crippen LogP contribution in [-0.4, -0.2) is 23.3 Å². The fraction of sp³-hybridized carbons (Fsp3) is 0.533. The third-order valence-electron chi connectivity index (χ3n) is 3.53. The van der Waals surface area contributed by atoms with Crippen molar-refractivity contribution < 1.29 is 14.6 Å². The van der Waals surface area contributed by atoms with Gasteiger partial charge in [-0.3, -0.25) is 0 Å². The molecule has 0 aliphatic heterocycles. The second-order valence-corrected chi connectivity index (χ2v) is 5.45. The van der Waals surface area contributed by atoms with E-state index in [1.54, 1.807) is 0 Å². The molecule has 1 aliphatic carbocycles. The van der Waals surface area contributed by atoms with Crippen LogP contribution in [0.25, 0.3) is 0 Å². The van der Waals surface area contributed by atoms with Crippen molar-refractivity contribution in [2.75, 3.05) is 6.61 Å². The predicted octanol–water partition coefficient (Wildman–Crippen LogP) is 2.67. The number of aliphatic carboxylic acids is 1. The van der Waals surface area contributed by atoms with Gasteiger partial charge in [-0.15, -0.1) is 0 Å². The van der Waals surface area contributed by atoms with E-state index in [1.807, 2.05) is 24.3 Å². The fourth-order valence-corrected chi connectivity index (χ4v) is 2.39. The van der Waals surface area contributed by atoms with Crippen molar-refractivity contribution in [1.82, 2.24) is 0 Å². The lowest BCUT2D eigenvalue weighted by atomic mass is 10.00. The molecular weight excluding hydrogens is 228 g/mol. The Labute approximate surface area is 108 Å². The molecule has 0 saturated carbocycles. The lowest BCUT2D eigenvalue weighted by molar-refractivity contribution is -0.165. The van der Waals surface area contributed by atoms with Gasteiger partial charge in [-0.1, -0.05) is 38.1 Å². The van der Waals surface area contributed by atoms with Crippen molar-refractivity contribution in [3.05, 3.63) is 35.4 Å². The molecule has 3 heteroatoms. The lowest BCUT2D eigenvalue weighted by Gasteiger charge is -2.25. The highest BCUT2D eigenvalue weighted by Gasteiger charge is 2.45. The Hall–Kier alpha value is -1.35. The zero-order valence-corrected chi connectivity index (χ0v) is 11.0. The number of carbonyl (C=O) groups is 1. The smallest absolute Gasteiger partial charge is 0.336 e. The normalized spacial score (nSPS) is 16.8. The Kier molecular flexibility index (Phi) is 3.71. The van der Waals surface area contributed by atoms with E-state index in [0.29, 0.717) is 25.4 Å². The van der Waals surface area contributed by atoms with Gasteiger partial charge in [-0.05, 0) is 23.5 Å². The van der Waals surface area contributed by atoms with E-state index in [4.69, 9.17) is 4.74 Å². The van der Waals surface area contributed by atoms with Crippen molar-refractivity contribution >= 4 is 5.97 Å². The first kappa shape index (κ1) is 13.1. The summed E-state index contributed by atoms with van der Waals surface area (Å²) in [4.78, 5) is 11.5. The second-order valence-electron chi connectivity index (χ2n) is 5.45. The maximum absolute atomic E-state index is 11.5. The van der Waals surface area contributed by atoms with Crippen LogP contribution in [0.2, 0.25) is 0 Å².